The third kappa shape index (κ3) is 2.92. The van der Waals surface area contributed by atoms with Crippen molar-refractivity contribution in [2.45, 2.75) is 57.2 Å². The Kier molecular flexibility index (Phi) is 3.74. The Morgan fingerprint density at radius 1 is 1.21 bits per heavy atom. The van der Waals surface area contributed by atoms with E-state index in [0.29, 0.717) is 18.6 Å². The summed E-state index contributed by atoms with van der Waals surface area (Å²) in [5, 5.41) is 3.43. The predicted molar refractivity (Wildman–Crippen MR) is 76.9 cm³/mol. The Morgan fingerprint density at radius 3 is 2.63 bits per heavy atom. The van der Waals surface area contributed by atoms with Crippen LogP contribution >= 0.6 is 0 Å². The molecular formula is C16H23FN2. The largest absolute Gasteiger partial charge is 0.371 e. The molecule has 19 heavy (non-hydrogen) atoms. The van der Waals surface area contributed by atoms with E-state index in [4.69, 9.17) is 0 Å². The van der Waals surface area contributed by atoms with E-state index in [2.05, 4.69) is 23.3 Å². The van der Waals surface area contributed by atoms with Crippen molar-refractivity contribution in [2.24, 2.45) is 0 Å². The van der Waals surface area contributed by atoms with Gasteiger partial charge in [0.05, 0.1) is 0 Å². The number of nitrogens with zero attached hydrogens (tertiary/aromatic N) is 1. The van der Waals surface area contributed by atoms with E-state index in [9.17, 15) is 4.39 Å². The monoisotopic (exact) mass is 262 g/mol. The highest BCUT2D eigenvalue weighted by molar-refractivity contribution is 5.54. The molecule has 2 nitrogen and oxygen atoms in total. The summed E-state index contributed by atoms with van der Waals surface area (Å²) >= 11 is 0. The molecule has 0 saturated heterocycles. The van der Waals surface area contributed by atoms with Crippen molar-refractivity contribution in [3.05, 3.63) is 29.6 Å². The van der Waals surface area contributed by atoms with E-state index in [1.165, 1.54) is 38.5 Å². The predicted octanol–water partition coefficient (Wildman–Crippen LogP) is 3.46. The summed E-state index contributed by atoms with van der Waals surface area (Å²) in [5.41, 5.74) is 1.91. The summed E-state index contributed by atoms with van der Waals surface area (Å²) in [6.07, 6.45) is 7.56. The fourth-order valence-electron chi connectivity index (χ4n) is 3.07. The maximum absolute atomic E-state index is 14.1. The summed E-state index contributed by atoms with van der Waals surface area (Å²) in [6, 6.07) is 6.67. The SMILES string of the molecule is CN(c1cccc(F)c1CNC1CC1)C1CCCC1. The average Bonchev–Trinajstić information content (AvgIpc) is 3.08. The second kappa shape index (κ2) is 5.49. The molecule has 0 amide bonds. The van der Waals surface area contributed by atoms with Crippen LogP contribution in [0.25, 0.3) is 0 Å². The van der Waals surface area contributed by atoms with Gasteiger partial charge in [0.15, 0.2) is 0 Å². The highest BCUT2D eigenvalue weighted by Crippen LogP contribution is 2.31. The normalized spacial score (nSPS) is 19.9. The minimum Gasteiger partial charge on any atom is -0.371 e. The Morgan fingerprint density at radius 2 is 1.95 bits per heavy atom. The molecular weight excluding hydrogens is 239 g/mol. The third-order valence-electron chi connectivity index (χ3n) is 4.49. The van der Waals surface area contributed by atoms with E-state index in [1.54, 1.807) is 6.07 Å². The molecule has 0 aromatic heterocycles. The minimum absolute atomic E-state index is 0.0736. The van der Waals surface area contributed by atoms with Gasteiger partial charge < -0.3 is 10.2 Å². The molecule has 1 aromatic carbocycles. The molecule has 2 saturated carbocycles. The van der Waals surface area contributed by atoms with Gasteiger partial charge in [0.25, 0.3) is 0 Å². The van der Waals surface area contributed by atoms with Gasteiger partial charge in [0.1, 0.15) is 5.82 Å². The Labute approximate surface area is 115 Å². The molecule has 104 valence electrons. The average molecular weight is 262 g/mol. The lowest BCUT2D eigenvalue weighted by molar-refractivity contribution is 0.579. The third-order valence-corrected chi connectivity index (χ3v) is 4.49. The van der Waals surface area contributed by atoms with Crippen LogP contribution in [0.1, 0.15) is 44.1 Å². The lowest BCUT2D eigenvalue weighted by Crippen LogP contribution is -2.30. The first kappa shape index (κ1) is 12.9. The second-order valence-corrected chi connectivity index (χ2v) is 5.94. The molecule has 0 radical (unpaired) electrons. The van der Waals surface area contributed by atoms with Crippen LogP contribution < -0.4 is 10.2 Å². The quantitative estimate of drug-likeness (QED) is 0.874. The first-order chi connectivity index (χ1) is 9.25. The van der Waals surface area contributed by atoms with Crippen molar-refractivity contribution in [1.82, 2.24) is 5.32 Å². The van der Waals surface area contributed by atoms with Crippen molar-refractivity contribution >= 4 is 5.69 Å². The van der Waals surface area contributed by atoms with Crippen LogP contribution in [-0.4, -0.2) is 19.1 Å². The first-order valence-corrected chi connectivity index (χ1v) is 7.49. The van der Waals surface area contributed by atoms with Crippen LogP contribution in [0.4, 0.5) is 10.1 Å². The van der Waals surface area contributed by atoms with E-state index in [-0.39, 0.29) is 5.82 Å². The number of halogens is 1. The topological polar surface area (TPSA) is 15.3 Å². The van der Waals surface area contributed by atoms with Gasteiger partial charge in [-0.15, -0.1) is 0 Å². The van der Waals surface area contributed by atoms with Gasteiger partial charge in [-0.25, -0.2) is 4.39 Å². The molecule has 2 aliphatic carbocycles. The van der Waals surface area contributed by atoms with Crippen LogP contribution in [0, 0.1) is 5.82 Å². The number of nitrogens with one attached hydrogen (secondary N) is 1. The van der Waals surface area contributed by atoms with Crippen molar-refractivity contribution in [3.63, 3.8) is 0 Å². The lowest BCUT2D eigenvalue weighted by atomic mass is 10.1. The smallest absolute Gasteiger partial charge is 0.129 e. The van der Waals surface area contributed by atoms with Crippen molar-refractivity contribution in [2.75, 3.05) is 11.9 Å². The molecule has 0 bridgehead atoms. The van der Waals surface area contributed by atoms with Crippen molar-refractivity contribution in [1.29, 1.82) is 0 Å². The van der Waals surface area contributed by atoms with Crippen LogP contribution in [-0.2, 0) is 6.54 Å². The van der Waals surface area contributed by atoms with Gasteiger partial charge >= 0.3 is 0 Å². The highest BCUT2D eigenvalue weighted by Gasteiger charge is 2.24. The maximum Gasteiger partial charge on any atom is 0.129 e. The summed E-state index contributed by atoms with van der Waals surface area (Å²) in [5.74, 6) is -0.0736. The van der Waals surface area contributed by atoms with Crippen molar-refractivity contribution in [3.8, 4) is 0 Å². The molecule has 0 heterocycles. The number of benzene rings is 1. The molecule has 2 fully saturated rings. The standard InChI is InChI=1S/C16H23FN2/c1-19(13-5-2-3-6-13)16-8-4-7-15(17)14(16)11-18-12-9-10-12/h4,7-8,12-13,18H,2-3,5-6,9-11H2,1H3. The minimum atomic E-state index is -0.0736. The van der Waals surface area contributed by atoms with Crippen molar-refractivity contribution < 1.29 is 4.39 Å². The molecule has 3 rings (SSSR count). The molecule has 0 unspecified atom stereocenters. The molecule has 0 aliphatic heterocycles. The Bertz CT molecular complexity index is 436. The molecule has 0 atom stereocenters. The Balaban J connectivity index is 1.79. The van der Waals surface area contributed by atoms with E-state index < -0.39 is 0 Å². The van der Waals surface area contributed by atoms with E-state index in [0.717, 1.165) is 11.3 Å². The zero-order chi connectivity index (χ0) is 13.2. The zero-order valence-corrected chi connectivity index (χ0v) is 11.7. The lowest BCUT2D eigenvalue weighted by Gasteiger charge is -2.29. The van der Waals surface area contributed by atoms with Gasteiger partial charge in [-0.1, -0.05) is 18.9 Å². The fourth-order valence-corrected chi connectivity index (χ4v) is 3.07. The van der Waals surface area contributed by atoms with Crippen LogP contribution in [0.2, 0.25) is 0 Å². The number of rotatable bonds is 5. The molecule has 0 spiro atoms. The maximum atomic E-state index is 14.1. The van der Waals surface area contributed by atoms with E-state index >= 15 is 0 Å². The first-order valence-electron chi connectivity index (χ1n) is 7.49. The van der Waals surface area contributed by atoms with Gasteiger partial charge in [0.2, 0.25) is 0 Å². The van der Waals surface area contributed by atoms with Crippen LogP contribution in [0.3, 0.4) is 0 Å². The summed E-state index contributed by atoms with van der Waals surface area (Å²) < 4.78 is 14.1. The van der Waals surface area contributed by atoms with Crippen LogP contribution in [0.5, 0.6) is 0 Å². The Hall–Kier alpha value is -1.09. The molecule has 1 N–H and O–H groups in total. The van der Waals surface area contributed by atoms with Gasteiger partial charge in [0, 0.05) is 36.9 Å². The fraction of sp³-hybridized carbons (Fsp3) is 0.625. The zero-order valence-electron chi connectivity index (χ0n) is 11.7. The number of anilines is 1. The summed E-state index contributed by atoms with van der Waals surface area (Å²) in [4.78, 5) is 2.29. The number of hydrogen-bond acceptors (Lipinski definition) is 2. The highest BCUT2D eigenvalue weighted by atomic mass is 19.1. The van der Waals surface area contributed by atoms with Gasteiger partial charge in [-0.2, -0.15) is 0 Å². The molecule has 3 heteroatoms. The van der Waals surface area contributed by atoms with E-state index in [1.807, 2.05) is 6.07 Å². The van der Waals surface area contributed by atoms with Crippen LogP contribution in [0.15, 0.2) is 18.2 Å². The summed E-state index contributed by atoms with van der Waals surface area (Å²) in [6.45, 7) is 0.656. The molecule has 2 aliphatic rings. The molecule has 1 aromatic rings. The summed E-state index contributed by atoms with van der Waals surface area (Å²) in [7, 11) is 2.12. The van der Waals surface area contributed by atoms with Gasteiger partial charge in [-0.05, 0) is 37.8 Å². The number of hydrogen-bond donors (Lipinski definition) is 1. The second-order valence-electron chi connectivity index (χ2n) is 5.94. The van der Waals surface area contributed by atoms with Gasteiger partial charge in [-0.3, -0.25) is 0 Å².